The largest absolute Gasteiger partial charge is 0.342 e. The lowest BCUT2D eigenvalue weighted by atomic mass is 9.87. The van der Waals surface area contributed by atoms with Gasteiger partial charge in [-0.15, -0.1) is 12.4 Å². The molecule has 3 rings (SSSR count). The molecule has 1 amide bonds. The zero-order valence-corrected chi connectivity index (χ0v) is 13.5. The molecule has 2 unspecified atom stereocenters. The molecule has 21 heavy (non-hydrogen) atoms. The molecule has 116 valence electrons. The number of amides is 1. The topological polar surface area (TPSA) is 32.3 Å². The maximum Gasteiger partial charge on any atom is 0.226 e. The molecule has 0 saturated carbocycles. The Morgan fingerprint density at radius 1 is 1.24 bits per heavy atom. The minimum Gasteiger partial charge on any atom is -0.342 e. The van der Waals surface area contributed by atoms with E-state index >= 15 is 0 Å². The van der Waals surface area contributed by atoms with E-state index in [1.54, 1.807) is 0 Å². The number of hydrogen-bond donors (Lipinski definition) is 1. The second-order valence-electron chi connectivity index (χ2n) is 6.16. The van der Waals surface area contributed by atoms with Gasteiger partial charge < -0.3 is 10.2 Å². The molecular weight excluding hydrogens is 284 g/mol. The number of halogens is 1. The fourth-order valence-electron chi connectivity index (χ4n) is 3.54. The highest BCUT2D eigenvalue weighted by Crippen LogP contribution is 2.25. The van der Waals surface area contributed by atoms with Crippen LogP contribution in [0.2, 0.25) is 0 Å². The maximum atomic E-state index is 12.6. The highest BCUT2D eigenvalue weighted by Gasteiger charge is 2.29. The van der Waals surface area contributed by atoms with E-state index < -0.39 is 0 Å². The van der Waals surface area contributed by atoms with Crippen molar-refractivity contribution in [1.29, 1.82) is 0 Å². The van der Waals surface area contributed by atoms with Gasteiger partial charge in [-0.1, -0.05) is 24.3 Å². The van der Waals surface area contributed by atoms with Crippen LogP contribution in [0.4, 0.5) is 0 Å². The van der Waals surface area contributed by atoms with Crippen LogP contribution in [0.5, 0.6) is 0 Å². The molecule has 1 aromatic carbocycles. The Bertz CT molecular complexity index is 485. The molecule has 0 radical (unpaired) electrons. The van der Waals surface area contributed by atoms with Gasteiger partial charge in [0.2, 0.25) is 5.91 Å². The van der Waals surface area contributed by atoms with Crippen LogP contribution in [0.25, 0.3) is 0 Å². The number of nitrogens with one attached hydrogen (secondary N) is 1. The number of aryl methyl sites for hydroxylation is 1. The first kappa shape index (κ1) is 16.3. The number of nitrogens with zero attached hydrogens (tertiary/aromatic N) is 1. The predicted molar refractivity (Wildman–Crippen MR) is 87.9 cm³/mol. The van der Waals surface area contributed by atoms with E-state index in [-0.39, 0.29) is 18.3 Å². The zero-order valence-electron chi connectivity index (χ0n) is 12.7. The minimum atomic E-state index is 0. The summed E-state index contributed by atoms with van der Waals surface area (Å²) >= 11 is 0. The van der Waals surface area contributed by atoms with Crippen molar-refractivity contribution in [3.8, 4) is 0 Å². The van der Waals surface area contributed by atoms with E-state index in [1.807, 2.05) is 11.9 Å². The van der Waals surface area contributed by atoms with Crippen LogP contribution in [0.15, 0.2) is 24.3 Å². The van der Waals surface area contributed by atoms with Gasteiger partial charge in [0.1, 0.15) is 0 Å². The summed E-state index contributed by atoms with van der Waals surface area (Å²) < 4.78 is 0. The van der Waals surface area contributed by atoms with Crippen molar-refractivity contribution in [3.05, 3.63) is 35.4 Å². The number of carbonyl (C=O) groups is 1. The molecule has 1 aliphatic carbocycles. The zero-order chi connectivity index (χ0) is 13.9. The van der Waals surface area contributed by atoms with Gasteiger partial charge in [0.15, 0.2) is 0 Å². The summed E-state index contributed by atoms with van der Waals surface area (Å²) in [6.07, 6.45) is 5.37. The molecule has 0 bridgehead atoms. The summed E-state index contributed by atoms with van der Waals surface area (Å²) in [6.45, 7) is 1.91. The quantitative estimate of drug-likeness (QED) is 0.910. The fourth-order valence-corrected chi connectivity index (χ4v) is 3.54. The molecule has 1 aromatic rings. The Balaban J connectivity index is 0.00000161. The third-order valence-corrected chi connectivity index (χ3v) is 4.86. The second kappa shape index (κ2) is 7.28. The van der Waals surface area contributed by atoms with Gasteiger partial charge in [-0.3, -0.25) is 4.79 Å². The molecule has 3 nitrogen and oxygen atoms in total. The third-order valence-electron chi connectivity index (χ3n) is 4.86. The summed E-state index contributed by atoms with van der Waals surface area (Å²) in [6, 6.07) is 9.02. The number of likely N-dealkylation sites (N-methyl/N-ethyl adjacent to an activating group) is 1. The van der Waals surface area contributed by atoms with Crippen molar-refractivity contribution in [2.45, 2.75) is 38.1 Å². The number of piperidine rings is 1. The Labute approximate surface area is 133 Å². The number of benzene rings is 1. The van der Waals surface area contributed by atoms with Crippen molar-refractivity contribution < 1.29 is 4.79 Å². The van der Waals surface area contributed by atoms with E-state index in [0.29, 0.717) is 11.9 Å². The van der Waals surface area contributed by atoms with Crippen molar-refractivity contribution >= 4 is 18.3 Å². The maximum absolute atomic E-state index is 12.6. The Morgan fingerprint density at radius 2 is 2.00 bits per heavy atom. The van der Waals surface area contributed by atoms with Gasteiger partial charge in [-0.25, -0.2) is 0 Å². The highest BCUT2D eigenvalue weighted by molar-refractivity contribution is 5.85. The van der Waals surface area contributed by atoms with Crippen LogP contribution >= 0.6 is 12.4 Å². The monoisotopic (exact) mass is 308 g/mol. The van der Waals surface area contributed by atoms with Gasteiger partial charge in [0, 0.05) is 19.6 Å². The average molecular weight is 309 g/mol. The Hall–Kier alpha value is -1.06. The summed E-state index contributed by atoms with van der Waals surface area (Å²) in [5, 5.41) is 3.34. The van der Waals surface area contributed by atoms with Crippen LogP contribution in [-0.4, -0.2) is 37.0 Å². The van der Waals surface area contributed by atoms with Gasteiger partial charge in [0.25, 0.3) is 0 Å². The molecule has 0 spiro atoms. The molecule has 1 fully saturated rings. The van der Waals surface area contributed by atoms with Gasteiger partial charge in [0.05, 0.1) is 5.92 Å². The highest BCUT2D eigenvalue weighted by atomic mass is 35.5. The lowest BCUT2D eigenvalue weighted by molar-refractivity contribution is -0.137. The van der Waals surface area contributed by atoms with Gasteiger partial charge >= 0.3 is 0 Å². The summed E-state index contributed by atoms with van der Waals surface area (Å²) in [5.74, 6) is 0.521. The number of fused-ring (bicyclic) bond motifs is 1. The fraction of sp³-hybridized carbons (Fsp3) is 0.588. The molecule has 2 atom stereocenters. The smallest absolute Gasteiger partial charge is 0.226 e. The first-order chi connectivity index (χ1) is 9.75. The molecule has 1 heterocycles. The minimum absolute atomic E-state index is 0. The van der Waals surface area contributed by atoms with E-state index in [4.69, 9.17) is 0 Å². The summed E-state index contributed by atoms with van der Waals surface area (Å²) in [4.78, 5) is 14.6. The SMILES string of the molecule is CN(C(=O)C1CCCNC1)C1CCc2ccccc2C1.Cl. The van der Waals surface area contributed by atoms with E-state index in [0.717, 1.165) is 45.2 Å². The van der Waals surface area contributed by atoms with Gasteiger partial charge in [-0.2, -0.15) is 0 Å². The Morgan fingerprint density at radius 3 is 2.71 bits per heavy atom. The average Bonchev–Trinajstić information content (AvgIpc) is 2.54. The summed E-state index contributed by atoms with van der Waals surface area (Å²) in [7, 11) is 2.00. The predicted octanol–water partition coefficient (Wildman–Crippen LogP) is 2.42. The standard InChI is InChI=1S/C17H24N2O.ClH/c1-19(17(20)15-7-4-10-18-12-15)16-9-8-13-5-2-3-6-14(13)11-16;/h2-3,5-6,15-16,18H,4,7-12H2,1H3;1H. The van der Waals surface area contributed by atoms with Crippen LogP contribution in [0.1, 0.15) is 30.4 Å². The molecule has 1 N–H and O–H groups in total. The third kappa shape index (κ3) is 3.58. The lowest BCUT2D eigenvalue weighted by Gasteiger charge is -2.35. The normalized spacial score (nSPS) is 24.6. The number of carbonyl (C=O) groups excluding carboxylic acids is 1. The second-order valence-corrected chi connectivity index (χ2v) is 6.16. The molecular formula is C17H25ClN2O. The van der Waals surface area contributed by atoms with Gasteiger partial charge in [-0.05, 0) is 49.8 Å². The first-order valence-electron chi connectivity index (χ1n) is 7.80. The molecule has 2 aliphatic rings. The van der Waals surface area contributed by atoms with Crippen LogP contribution in [-0.2, 0) is 17.6 Å². The van der Waals surface area contributed by atoms with Crippen LogP contribution in [0.3, 0.4) is 0 Å². The number of hydrogen-bond acceptors (Lipinski definition) is 2. The van der Waals surface area contributed by atoms with Crippen molar-refractivity contribution in [2.75, 3.05) is 20.1 Å². The van der Waals surface area contributed by atoms with E-state index in [2.05, 4.69) is 29.6 Å². The van der Waals surface area contributed by atoms with Crippen molar-refractivity contribution in [2.24, 2.45) is 5.92 Å². The van der Waals surface area contributed by atoms with Crippen LogP contribution in [0, 0.1) is 5.92 Å². The molecule has 0 aromatic heterocycles. The Kier molecular flexibility index (Phi) is 5.65. The van der Waals surface area contributed by atoms with E-state index in [1.165, 1.54) is 11.1 Å². The summed E-state index contributed by atoms with van der Waals surface area (Å²) in [5.41, 5.74) is 2.88. The van der Waals surface area contributed by atoms with Crippen molar-refractivity contribution in [1.82, 2.24) is 10.2 Å². The lowest BCUT2D eigenvalue weighted by Crippen LogP contribution is -2.47. The number of rotatable bonds is 2. The van der Waals surface area contributed by atoms with E-state index in [9.17, 15) is 4.79 Å². The van der Waals surface area contributed by atoms with Crippen LogP contribution < -0.4 is 5.32 Å². The molecule has 4 heteroatoms. The molecule has 1 saturated heterocycles. The first-order valence-corrected chi connectivity index (χ1v) is 7.80. The molecule has 1 aliphatic heterocycles. The van der Waals surface area contributed by atoms with Crippen molar-refractivity contribution in [3.63, 3.8) is 0 Å².